The van der Waals surface area contributed by atoms with Crippen LogP contribution in [0.15, 0.2) is 16.9 Å². The predicted octanol–water partition coefficient (Wildman–Crippen LogP) is 6.99. The molecule has 3 heteroatoms. The molecule has 2 heterocycles. The van der Waals surface area contributed by atoms with Gasteiger partial charge in [0.2, 0.25) is 0 Å². The molecule has 3 aliphatic rings. The van der Waals surface area contributed by atoms with E-state index in [1.807, 2.05) is 5.47 Å². The molecule has 2 aliphatic heterocycles. The zero-order valence-corrected chi connectivity index (χ0v) is 19.1. The average Bonchev–Trinajstić information content (AvgIpc) is 3.21. The quantitative estimate of drug-likeness (QED) is 0.375. The SMILES string of the molecule is C[Si](C)(C)C=C=C(B1C2CCCC(CCC2)C1[Si](C)(C)C)C1CC1. The highest BCUT2D eigenvalue weighted by Crippen LogP contribution is 2.55. The Hall–Kier alpha value is 0.0187. The van der Waals surface area contributed by atoms with Gasteiger partial charge in [0.25, 0.3) is 0 Å². The lowest BCUT2D eigenvalue weighted by Crippen LogP contribution is -2.45. The summed E-state index contributed by atoms with van der Waals surface area (Å²) in [5.74, 6) is 2.91. The second-order valence-corrected chi connectivity index (χ2v) is 21.6. The van der Waals surface area contributed by atoms with E-state index in [1.54, 1.807) is 0 Å². The van der Waals surface area contributed by atoms with E-state index >= 15 is 0 Å². The van der Waals surface area contributed by atoms with E-state index in [-0.39, 0.29) is 0 Å². The third-order valence-corrected chi connectivity index (χ3v) is 10.6. The molecule has 2 bridgehead atoms. The van der Waals surface area contributed by atoms with Gasteiger partial charge in [-0.2, -0.15) is 0 Å². The van der Waals surface area contributed by atoms with Crippen LogP contribution in [-0.4, -0.2) is 22.9 Å². The summed E-state index contributed by atoms with van der Waals surface area (Å²) in [5, 5.41) is 0. The second kappa shape index (κ2) is 6.97. The molecule has 1 aliphatic carbocycles. The third kappa shape index (κ3) is 4.40. The Morgan fingerprint density at radius 1 is 0.875 bits per heavy atom. The van der Waals surface area contributed by atoms with E-state index in [0.29, 0.717) is 0 Å². The van der Waals surface area contributed by atoms with Crippen molar-refractivity contribution < 1.29 is 0 Å². The normalized spacial score (nSPS) is 31.2. The molecule has 24 heavy (non-hydrogen) atoms. The van der Waals surface area contributed by atoms with Crippen LogP contribution in [0.4, 0.5) is 0 Å². The molecule has 1 saturated carbocycles. The number of fused-ring (bicyclic) bond motifs is 3. The van der Waals surface area contributed by atoms with Gasteiger partial charge in [-0.05, 0) is 24.7 Å². The van der Waals surface area contributed by atoms with Crippen LogP contribution in [0.5, 0.6) is 0 Å². The van der Waals surface area contributed by atoms with Crippen LogP contribution in [0, 0.1) is 11.8 Å². The lowest BCUT2D eigenvalue weighted by Gasteiger charge is -2.40. The van der Waals surface area contributed by atoms with Gasteiger partial charge in [0.1, 0.15) is 0 Å². The van der Waals surface area contributed by atoms with Crippen LogP contribution < -0.4 is 0 Å². The van der Waals surface area contributed by atoms with Gasteiger partial charge in [-0.15, -0.1) is 5.73 Å². The second-order valence-electron chi connectivity index (χ2n) is 11.2. The van der Waals surface area contributed by atoms with Crippen LogP contribution in [-0.2, 0) is 0 Å². The van der Waals surface area contributed by atoms with Crippen LogP contribution in [0.3, 0.4) is 0 Å². The number of rotatable bonds is 4. The van der Waals surface area contributed by atoms with Gasteiger partial charge in [0.05, 0.1) is 8.07 Å². The first kappa shape index (κ1) is 18.8. The number of allylic oxidation sites excluding steroid dienone is 1. The summed E-state index contributed by atoms with van der Waals surface area (Å²) in [6, 6.07) is 0. The lowest BCUT2D eigenvalue weighted by atomic mass is 9.32. The summed E-state index contributed by atoms with van der Waals surface area (Å²) >= 11 is 0. The van der Waals surface area contributed by atoms with Crippen LogP contribution >= 0.6 is 0 Å². The minimum absolute atomic E-state index is 0.895. The number of hydrogen-bond acceptors (Lipinski definition) is 0. The van der Waals surface area contributed by atoms with Gasteiger partial charge in [0, 0.05) is 8.07 Å². The van der Waals surface area contributed by atoms with E-state index in [2.05, 4.69) is 50.7 Å². The Labute approximate surface area is 153 Å². The maximum atomic E-state index is 4.01. The van der Waals surface area contributed by atoms with Crippen LogP contribution in [0.2, 0.25) is 50.5 Å². The zero-order chi connectivity index (χ0) is 17.5. The lowest BCUT2D eigenvalue weighted by molar-refractivity contribution is 0.411. The molecular weight excluding hydrogens is 319 g/mol. The van der Waals surface area contributed by atoms with E-state index in [4.69, 9.17) is 0 Å². The molecule has 3 fully saturated rings. The van der Waals surface area contributed by atoms with Crippen molar-refractivity contribution in [2.45, 2.75) is 102 Å². The Balaban J connectivity index is 2.07. The van der Waals surface area contributed by atoms with Crippen molar-refractivity contribution in [1.29, 1.82) is 0 Å². The Morgan fingerprint density at radius 2 is 1.46 bits per heavy atom. The summed E-state index contributed by atoms with van der Waals surface area (Å²) in [4.78, 5) is 0. The highest BCUT2D eigenvalue weighted by molar-refractivity contribution is 6.92. The van der Waals surface area contributed by atoms with Crippen molar-refractivity contribution >= 4 is 22.9 Å². The Kier molecular flexibility index (Phi) is 5.46. The summed E-state index contributed by atoms with van der Waals surface area (Å²) < 4.78 is 0. The molecular formula is C21H39BSi2. The van der Waals surface area contributed by atoms with Gasteiger partial charge in [-0.3, -0.25) is 0 Å². The largest absolute Gasteiger partial charge is 0.185 e. The zero-order valence-electron chi connectivity index (χ0n) is 17.1. The van der Waals surface area contributed by atoms with Gasteiger partial charge < -0.3 is 0 Å². The fourth-order valence-corrected chi connectivity index (χ4v) is 9.63. The van der Waals surface area contributed by atoms with Crippen LogP contribution in [0.25, 0.3) is 0 Å². The van der Waals surface area contributed by atoms with Crippen molar-refractivity contribution in [3.8, 4) is 0 Å². The van der Waals surface area contributed by atoms with Gasteiger partial charge in [-0.1, -0.05) is 100 Å². The van der Waals surface area contributed by atoms with E-state index in [1.165, 1.54) is 51.4 Å². The molecule has 0 spiro atoms. The molecule has 0 aromatic heterocycles. The molecule has 2 saturated heterocycles. The maximum absolute atomic E-state index is 4.01. The van der Waals surface area contributed by atoms with Crippen molar-refractivity contribution in [1.82, 2.24) is 0 Å². The molecule has 0 aromatic rings. The first-order valence-electron chi connectivity index (χ1n) is 10.6. The van der Waals surface area contributed by atoms with Crippen molar-refractivity contribution in [2.75, 3.05) is 0 Å². The van der Waals surface area contributed by atoms with Crippen LogP contribution in [0.1, 0.15) is 51.4 Å². The minimum atomic E-state index is -1.16. The third-order valence-electron chi connectivity index (χ3n) is 6.75. The molecule has 0 aromatic carbocycles. The molecule has 0 nitrogen and oxygen atoms in total. The molecule has 0 amide bonds. The molecule has 134 valence electrons. The average molecular weight is 359 g/mol. The first-order valence-corrected chi connectivity index (χ1v) is 17.8. The highest BCUT2D eigenvalue weighted by Gasteiger charge is 2.51. The monoisotopic (exact) mass is 358 g/mol. The Morgan fingerprint density at radius 3 is 1.92 bits per heavy atom. The number of hydrogen-bond donors (Lipinski definition) is 0. The van der Waals surface area contributed by atoms with Gasteiger partial charge in [0.15, 0.2) is 6.71 Å². The molecule has 1 unspecified atom stereocenters. The standard InChI is InChI=1S/C21H39BSi2/c1-23(2,3)16-15-20(17-13-14-17)22-19-11-7-9-18(10-8-12-19)21(22)24(4,5)6/h16-19,21H,7-14H2,1-6H3. The van der Waals surface area contributed by atoms with Crippen molar-refractivity contribution in [3.63, 3.8) is 0 Å². The smallest absolute Gasteiger partial charge is 0.140 e. The summed E-state index contributed by atoms with van der Waals surface area (Å²) in [5.41, 5.74) is 9.38. The predicted molar refractivity (Wildman–Crippen MR) is 115 cm³/mol. The van der Waals surface area contributed by atoms with Gasteiger partial charge >= 0.3 is 0 Å². The van der Waals surface area contributed by atoms with E-state index in [0.717, 1.165) is 29.8 Å². The molecule has 1 atom stereocenters. The summed E-state index contributed by atoms with van der Waals surface area (Å²) in [6.45, 7) is 16.3. The maximum Gasteiger partial charge on any atom is 0.185 e. The van der Waals surface area contributed by atoms with E-state index < -0.39 is 16.1 Å². The fraction of sp³-hybridized carbons (Fsp3) is 0.857. The molecule has 3 rings (SSSR count). The first-order chi connectivity index (χ1) is 11.2. The van der Waals surface area contributed by atoms with Crippen molar-refractivity contribution in [2.24, 2.45) is 11.8 Å². The molecule has 0 radical (unpaired) electrons. The molecule has 0 N–H and O–H groups in total. The topological polar surface area (TPSA) is 0 Å². The highest BCUT2D eigenvalue weighted by atomic mass is 28.3. The minimum Gasteiger partial charge on any atom is -0.140 e. The van der Waals surface area contributed by atoms with E-state index in [9.17, 15) is 0 Å². The van der Waals surface area contributed by atoms with Gasteiger partial charge in [-0.25, -0.2) is 0 Å². The van der Waals surface area contributed by atoms with Crippen molar-refractivity contribution in [3.05, 3.63) is 16.9 Å². The Bertz CT molecular complexity index is 505. The summed E-state index contributed by atoms with van der Waals surface area (Å²) in [6.07, 6.45) is 12.0. The fourth-order valence-electron chi connectivity index (χ4n) is 5.75. The summed E-state index contributed by atoms with van der Waals surface area (Å²) in [7, 11) is -2.32.